The number of nitrogens with zero attached hydrogens (tertiary/aromatic N) is 2. The van der Waals surface area contributed by atoms with Crippen LogP contribution >= 0.6 is 11.3 Å². The molecule has 0 aliphatic carbocycles. The van der Waals surface area contributed by atoms with Gasteiger partial charge in [0.25, 0.3) is 0 Å². The maximum atomic E-state index is 13.4. The average molecular weight is 289 g/mol. The van der Waals surface area contributed by atoms with Crippen molar-refractivity contribution in [3.63, 3.8) is 0 Å². The smallest absolute Gasteiger partial charge is 0.146 e. The van der Waals surface area contributed by atoms with Crippen molar-refractivity contribution in [3.8, 4) is 10.6 Å². The third-order valence-electron chi connectivity index (χ3n) is 2.64. The van der Waals surface area contributed by atoms with E-state index in [0.717, 1.165) is 26.6 Å². The minimum absolute atomic E-state index is 0.147. The summed E-state index contributed by atoms with van der Waals surface area (Å²) in [5, 5.41) is 0.752. The molecule has 1 aromatic carbocycles. The zero-order valence-electron chi connectivity index (χ0n) is 11.6. The summed E-state index contributed by atoms with van der Waals surface area (Å²) in [5.41, 5.74) is 8.11. The number of hydrogen-bond donors (Lipinski definition) is 1. The predicted octanol–water partition coefficient (Wildman–Crippen LogP) is 4.41. The van der Waals surface area contributed by atoms with Crippen molar-refractivity contribution in [2.24, 2.45) is 0 Å². The van der Waals surface area contributed by atoms with Crippen LogP contribution in [0, 0.1) is 12.7 Å². The highest BCUT2D eigenvalue weighted by Gasteiger charge is 2.09. The van der Waals surface area contributed by atoms with Crippen molar-refractivity contribution >= 4 is 27.4 Å². The van der Waals surface area contributed by atoms with Crippen LogP contribution in [0.1, 0.15) is 19.5 Å². The first-order chi connectivity index (χ1) is 9.63. The lowest BCUT2D eigenvalue weighted by Gasteiger charge is -1.98. The van der Waals surface area contributed by atoms with Crippen molar-refractivity contribution in [3.05, 3.63) is 41.8 Å². The normalized spacial score (nSPS) is 10.2. The van der Waals surface area contributed by atoms with E-state index in [1.807, 2.05) is 32.9 Å². The summed E-state index contributed by atoms with van der Waals surface area (Å²) >= 11 is 1.45. The molecule has 0 radical (unpaired) electrons. The number of aryl methyl sites for hydroxylation is 1. The Labute approximate surface area is 121 Å². The second kappa shape index (κ2) is 5.96. The van der Waals surface area contributed by atoms with Crippen LogP contribution in [0.4, 0.5) is 10.1 Å². The van der Waals surface area contributed by atoms with E-state index in [0.29, 0.717) is 0 Å². The molecule has 3 nitrogen and oxygen atoms in total. The van der Waals surface area contributed by atoms with E-state index in [9.17, 15) is 4.39 Å². The molecule has 20 heavy (non-hydrogen) atoms. The number of fused-ring (bicyclic) bond motifs is 1. The second-order valence-electron chi connectivity index (χ2n) is 4.03. The van der Waals surface area contributed by atoms with Gasteiger partial charge in [-0.15, -0.1) is 0 Å². The molecule has 0 aliphatic rings. The number of benzene rings is 1. The summed E-state index contributed by atoms with van der Waals surface area (Å²) in [6, 6.07) is 8.55. The summed E-state index contributed by atoms with van der Waals surface area (Å²) < 4.78 is 13.4. The molecule has 2 aromatic heterocycles. The van der Waals surface area contributed by atoms with Crippen molar-refractivity contribution < 1.29 is 4.39 Å². The standard InChI is InChI=1S/C13H10FN3S.C2H6/c1-7-2-5-11-13(16-7)18-12(17-11)8-3-4-10(15)9(14)6-8;1-2/h2-6H,15H2,1H3;1-2H3. The van der Waals surface area contributed by atoms with Gasteiger partial charge in [0.1, 0.15) is 21.2 Å². The molecule has 0 unspecified atom stereocenters. The van der Waals surface area contributed by atoms with Crippen molar-refractivity contribution in [1.82, 2.24) is 9.97 Å². The molecule has 0 fully saturated rings. The number of rotatable bonds is 1. The highest BCUT2D eigenvalue weighted by Crippen LogP contribution is 2.30. The van der Waals surface area contributed by atoms with Gasteiger partial charge in [-0.3, -0.25) is 0 Å². The monoisotopic (exact) mass is 289 g/mol. The number of aromatic nitrogens is 2. The highest BCUT2D eigenvalue weighted by molar-refractivity contribution is 7.21. The lowest BCUT2D eigenvalue weighted by Crippen LogP contribution is -1.90. The van der Waals surface area contributed by atoms with Gasteiger partial charge in [-0.1, -0.05) is 25.2 Å². The van der Waals surface area contributed by atoms with Crippen LogP contribution in [0.15, 0.2) is 30.3 Å². The molecule has 104 valence electrons. The summed E-state index contributed by atoms with van der Waals surface area (Å²) in [5.74, 6) is -0.420. The molecule has 0 spiro atoms. The summed E-state index contributed by atoms with van der Waals surface area (Å²) in [6.07, 6.45) is 0. The van der Waals surface area contributed by atoms with Gasteiger partial charge in [-0.25, -0.2) is 14.4 Å². The van der Waals surface area contributed by atoms with E-state index in [-0.39, 0.29) is 5.69 Å². The Morgan fingerprint density at radius 3 is 2.55 bits per heavy atom. The van der Waals surface area contributed by atoms with Crippen molar-refractivity contribution in [2.75, 3.05) is 5.73 Å². The molecule has 0 bridgehead atoms. The zero-order chi connectivity index (χ0) is 14.7. The van der Waals surface area contributed by atoms with Crippen molar-refractivity contribution in [1.29, 1.82) is 0 Å². The van der Waals surface area contributed by atoms with E-state index >= 15 is 0 Å². The zero-order valence-corrected chi connectivity index (χ0v) is 12.5. The molecule has 3 aromatic rings. The van der Waals surface area contributed by atoms with E-state index in [1.54, 1.807) is 12.1 Å². The van der Waals surface area contributed by atoms with Crippen LogP contribution < -0.4 is 5.73 Å². The number of pyridine rings is 1. The predicted molar refractivity (Wildman–Crippen MR) is 83.3 cm³/mol. The molecule has 0 saturated carbocycles. The third-order valence-corrected chi connectivity index (χ3v) is 3.66. The molecule has 0 aliphatic heterocycles. The van der Waals surface area contributed by atoms with E-state index in [1.165, 1.54) is 17.4 Å². The van der Waals surface area contributed by atoms with Crippen LogP contribution in [0.2, 0.25) is 0 Å². The van der Waals surface area contributed by atoms with Gasteiger partial charge in [0.15, 0.2) is 0 Å². The number of thiazole rings is 1. The maximum Gasteiger partial charge on any atom is 0.146 e. The topological polar surface area (TPSA) is 51.8 Å². The minimum Gasteiger partial charge on any atom is -0.396 e. The first-order valence-electron chi connectivity index (χ1n) is 6.43. The molecule has 2 N–H and O–H groups in total. The Morgan fingerprint density at radius 1 is 1.10 bits per heavy atom. The summed E-state index contributed by atoms with van der Waals surface area (Å²) in [4.78, 5) is 9.71. The number of nitrogen functional groups attached to an aromatic ring is 1. The molecular weight excluding hydrogens is 273 g/mol. The lowest BCUT2D eigenvalue weighted by atomic mass is 10.2. The van der Waals surface area contributed by atoms with Crippen LogP contribution in [0.5, 0.6) is 0 Å². The second-order valence-corrected chi connectivity index (χ2v) is 5.01. The Bertz CT molecular complexity index is 737. The average Bonchev–Trinajstić information content (AvgIpc) is 2.87. The van der Waals surface area contributed by atoms with Crippen LogP contribution in [0.25, 0.3) is 20.9 Å². The van der Waals surface area contributed by atoms with Gasteiger partial charge in [0.05, 0.1) is 5.69 Å². The molecule has 2 heterocycles. The SMILES string of the molecule is CC.Cc1ccc2nc(-c3ccc(N)c(F)c3)sc2n1. The minimum atomic E-state index is -0.420. The van der Waals surface area contributed by atoms with E-state index in [4.69, 9.17) is 5.73 Å². The molecule has 0 atom stereocenters. The quantitative estimate of drug-likeness (QED) is 0.675. The van der Waals surface area contributed by atoms with Crippen LogP contribution in [-0.4, -0.2) is 9.97 Å². The van der Waals surface area contributed by atoms with Crippen LogP contribution in [0.3, 0.4) is 0 Å². The first-order valence-corrected chi connectivity index (χ1v) is 7.25. The fourth-order valence-corrected chi connectivity index (χ4v) is 2.67. The van der Waals surface area contributed by atoms with E-state index in [2.05, 4.69) is 9.97 Å². The molecule has 0 saturated heterocycles. The maximum absolute atomic E-state index is 13.4. The first kappa shape index (κ1) is 14.4. The number of anilines is 1. The Balaban J connectivity index is 0.000000704. The van der Waals surface area contributed by atoms with Gasteiger partial charge >= 0.3 is 0 Å². The fourth-order valence-electron chi connectivity index (χ4n) is 1.69. The third kappa shape index (κ3) is 2.77. The summed E-state index contributed by atoms with van der Waals surface area (Å²) in [7, 11) is 0. The number of nitrogens with two attached hydrogens (primary N) is 1. The van der Waals surface area contributed by atoms with Crippen molar-refractivity contribution in [2.45, 2.75) is 20.8 Å². The van der Waals surface area contributed by atoms with Gasteiger partial charge in [0.2, 0.25) is 0 Å². The van der Waals surface area contributed by atoms with E-state index < -0.39 is 5.82 Å². The largest absolute Gasteiger partial charge is 0.396 e. The molecule has 5 heteroatoms. The molecular formula is C15H16FN3S. The van der Waals surface area contributed by atoms with Gasteiger partial charge in [-0.05, 0) is 37.3 Å². The number of halogens is 1. The summed E-state index contributed by atoms with van der Waals surface area (Å²) in [6.45, 7) is 5.93. The van der Waals surface area contributed by atoms with Gasteiger partial charge in [-0.2, -0.15) is 0 Å². The van der Waals surface area contributed by atoms with Crippen LogP contribution in [-0.2, 0) is 0 Å². The lowest BCUT2D eigenvalue weighted by molar-refractivity contribution is 0.633. The fraction of sp³-hybridized carbons (Fsp3) is 0.200. The van der Waals surface area contributed by atoms with Gasteiger partial charge < -0.3 is 5.73 Å². The number of hydrogen-bond acceptors (Lipinski definition) is 4. The Kier molecular flexibility index (Phi) is 4.29. The van der Waals surface area contributed by atoms with Gasteiger partial charge in [0, 0.05) is 11.3 Å². The molecule has 0 amide bonds. The highest BCUT2D eigenvalue weighted by atomic mass is 32.1. The molecule has 3 rings (SSSR count). The Morgan fingerprint density at radius 2 is 1.85 bits per heavy atom. The Hall–Kier alpha value is -2.01.